The summed E-state index contributed by atoms with van der Waals surface area (Å²) in [6.07, 6.45) is 2.73. The number of anilines is 1. The molecule has 0 atom stereocenters. The summed E-state index contributed by atoms with van der Waals surface area (Å²) >= 11 is 11.7. The molecule has 0 radical (unpaired) electrons. The van der Waals surface area contributed by atoms with E-state index in [1.54, 1.807) is 24.3 Å². The molecule has 0 heterocycles. The van der Waals surface area contributed by atoms with Crippen molar-refractivity contribution in [3.8, 4) is 6.07 Å². The van der Waals surface area contributed by atoms with E-state index >= 15 is 0 Å². The monoisotopic (exact) mass is 374 g/mol. The third kappa shape index (κ3) is 6.30. The zero-order chi connectivity index (χ0) is 18.2. The average Bonchev–Trinajstić information content (AvgIpc) is 2.57. The molecule has 0 saturated carbocycles. The van der Waals surface area contributed by atoms with Gasteiger partial charge in [-0.2, -0.15) is 5.26 Å². The first kappa shape index (κ1) is 18.5. The van der Waals surface area contributed by atoms with Crippen LogP contribution in [-0.2, 0) is 14.3 Å². The van der Waals surface area contributed by atoms with Gasteiger partial charge in [-0.05, 0) is 42.0 Å². The maximum absolute atomic E-state index is 11.8. The maximum Gasteiger partial charge on any atom is 0.331 e. The van der Waals surface area contributed by atoms with E-state index in [0.717, 1.165) is 5.56 Å². The van der Waals surface area contributed by atoms with Crippen LogP contribution in [0.1, 0.15) is 11.1 Å². The van der Waals surface area contributed by atoms with Crippen LogP contribution in [0.2, 0.25) is 10.0 Å². The van der Waals surface area contributed by atoms with E-state index in [9.17, 15) is 9.59 Å². The van der Waals surface area contributed by atoms with E-state index in [1.807, 2.05) is 6.07 Å². The predicted molar refractivity (Wildman–Crippen MR) is 96.2 cm³/mol. The van der Waals surface area contributed by atoms with Crippen molar-refractivity contribution in [2.45, 2.75) is 0 Å². The Hall–Kier alpha value is -2.81. The van der Waals surface area contributed by atoms with Gasteiger partial charge in [0.25, 0.3) is 5.91 Å². The molecule has 0 aliphatic carbocycles. The number of hydrogen-bond donors (Lipinski definition) is 1. The quantitative estimate of drug-likeness (QED) is 0.631. The average molecular weight is 375 g/mol. The van der Waals surface area contributed by atoms with Crippen molar-refractivity contribution in [1.29, 1.82) is 5.26 Å². The highest BCUT2D eigenvalue weighted by Crippen LogP contribution is 2.22. The molecule has 1 amide bonds. The molecule has 25 heavy (non-hydrogen) atoms. The molecule has 2 aromatic rings. The number of halogens is 2. The summed E-state index contributed by atoms with van der Waals surface area (Å²) in [6, 6.07) is 13.2. The van der Waals surface area contributed by atoms with Gasteiger partial charge in [-0.15, -0.1) is 0 Å². The molecular weight excluding hydrogens is 363 g/mol. The van der Waals surface area contributed by atoms with Crippen LogP contribution in [0.5, 0.6) is 0 Å². The highest BCUT2D eigenvalue weighted by Gasteiger charge is 2.07. The second-order valence-corrected chi connectivity index (χ2v) is 5.75. The van der Waals surface area contributed by atoms with Crippen LogP contribution < -0.4 is 5.32 Å². The minimum atomic E-state index is -0.663. The molecule has 1 N–H and O–H groups in total. The van der Waals surface area contributed by atoms with Gasteiger partial charge in [0.2, 0.25) is 0 Å². The lowest BCUT2D eigenvalue weighted by atomic mass is 10.1. The summed E-state index contributed by atoms with van der Waals surface area (Å²) in [4.78, 5) is 23.4. The lowest BCUT2D eigenvalue weighted by molar-refractivity contribution is -0.142. The summed E-state index contributed by atoms with van der Waals surface area (Å²) in [5.74, 6) is -1.18. The van der Waals surface area contributed by atoms with Crippen molar-refractivity contribution in [2.24, 2.45) is 0 Å². The minimum absolute atomic E-state index is 0.380. The van der Waals surface area contributed by atoms with E-state index in [1.165, 1.54) is 30.4 Å². The molecule has 126 valence electrons. The van der Waals surface area contributed by atoms with Gasteiger partial charge in [-0.1, -0.05) is 35.3 Å². The van der Waals surface area contributed by atoms with Gasteiger partial charge >= 0.3 is 5.97 Å². The number of nitriles is 1. The van der Waals surface area contributed by atoms with Crippen LogP contribution in [0.15, 0.2) is 48.5 Å². The van der Waals surface area contributed by atoms with Crippen LogP contribution in [0.3, 0.4) is 0 Å². The highest BCUT2D eigenvalue weighted by atomic mass is 35.5. The standard InChI is InChI=1S/C18H12Cl2N2O3/c19-14-7-15(20)9-16(8-14)22-17(23)11-25-18(24)6-5-12-1-3-13(10-21)4-2-12/h1-9H,11H2,(H,22,23)/b6-5+. The fraction of sp³-hybridized carbons (Fsp3) is 0.0556. The largest absolute Gasteiger partial charge is 0.452 e. The number of carbonyl (C=O) groups is 2. The first-order chi connectivity index (χ1) is 12.0. The molecule has 0 aromatic heterocycles. The molecule has 0 bridgehead atoms. The van der Waals surface area contributed by atoms with Crippen molar-refractivity contribution in [3.63, 3.8) is 0 Å². The summed E-state index contributed by atoms with van der Waals surface area (Å²) in [7, 11) is 0. The Bertz CT molecular complexity index is 835. The maximum atomic E-state index is 11.8. The van der Waals surface area contributed by atoms with Gasteiger partial charge in [-0.25, -0.2) is 4.79 Å². The van der Waals surface area contributed by atoms with Gasteiger partial charge < -0.3 is 10.1 Å². The lowest BCUT2D eigenvalue weighted by Gasteiger charge is -2.06. The fourth-order valence-electron chi connectivity index (χ4n) is 1.84. The molecule has 0 unspecified atom stereocenters. The number of amides is 1. The molecule has 0 spiro atoms. The van der Waals surface area contributed by atoms with E-state index in [4.69, 9.17) is 33.2 Å². The summed E-state index contributed by atoms with van der Waals surface area (Å²) in [5, 5.41) is 12.0. The van der Waals surface area contributed by atoms with E-state index in [0.29, 0.717) is 21.3 Å². The molecule has 2 rings (SSSR count). The van der Waals surface area contributed by atoms with E-state index in [-0.39, 0.29) is 0 Å². The first-order valence-electron chi connectivity index (χ1n) is 7.07. The number of esters is 1. The van der Waals surface area contributed by atoms with Crippen LogP contribution in [0.4, 0.5) is 5.69 Å². The number of rotatable bonds is 5. The Morgan fingerprint density at radius 3 is 2.36 bits per heavy atom. The Balaban J connectivity index is 1.83. The van der Waals surface area contributed by atoms with Gasteiger partial charge in [-0.3, -0.25) is 4.79 Å². The summed E-state index contributed by atoms with van der Waals surface area (Å²) < 4.78 is 4.85. The van der Waals surface area contributed by atoms with Crippen LogP contribution >= 0.6 is 23.2 Å². The SMILES string of the molecule is N#Cc1ccc(/C=C/C(=O)OCC(=O)Nc2cc(Cl)cc(Cl)c2)cc1. The Labute approximate surface area is 154 Å². The Morgan fingerprint density at radius 1 is 1.12 bits per heavy atom. The normalized spacial score (nSPS) is 10.3. The molecular formula is C18H12Cl2N2O3. The molecule has 0 fully saturated rings. The lowest BCUT2D eigenvalue weighted by Crippen LogP contribution is -2.20. The van der Waals surface area contributed by atoms with Crippen molar-refractivity contribution < 1.29 is 14.3 Å². The number of hydrogen-bond acceptors (Lipinski definition) is 4. The summed E-state index contributed by atoms with van der Waals surface area (Å²) in [5.41, 5.74) is 1.66. The first-order valence-corrected chi connectivity index (χ1v) is 7.83. The van der Waals surface area contributed by atoms with E-state index < -0.39 is 18.5 Å². The van der Waals surface area contributed by atoms with Crippen molar-refractivity contribution >= 4 is 46.8 Å². The van der Waals surface area contributed by atoms with Crippen molar-refractivity contribution in [2.75, 3.05) is 11.9 Å². The molecule has 5 nitrogen and oxygen atoms in total. The van der Waals surface area contributed by atoms with E-state index in [2.05, 4.69) is 5.32 Å². The van der Waals surface area contributed by atoms with Gasteiger partial charge in [0, 0.05) is 21.8 Å². The molecule has 0 aliphatic rings. The molecule has 7 heteroatoms. The minimum Gasteiger partial charge on any atom is -0.452 e. The number of nitrogens with one attached hydrogen (secondary N) is 1. The highest BCUT2D eigenvalue weighted by molar-refractivity contribution is 6.35. The Kier molecular flexibility index (Phi) is 6.58. The van der Waals surface area contributed by atoms with Crippen LogP contribution in [-0.4, -0.2) is 18.5 Å². The van der Waals surface area contributed by atoms with Gasteiger partial charge in [0.05, 0.1) is 11.6 Å². The van der Waals surface area contributed by atoms with Crippen LogP contribution in [0.25, 0.3) is 6.08 Å². The second-order valence-electron chi connectivity index (χ2n) is 4.88. The topological polar surface area (TPSA) is 79.2 Å². The zero-order valence-corrected chi connectivity index (χ0v) is 14.3. The summed E-state index contributed by atoms with van der Waals surface area (Å²) in [6.45, 7) is -0.444. The second kappa shape index (κ2) is 8.88. The zero-order valence-electron chi connectivity index (χ0n) is 12.8. The van der Waals surface area contributed by atoms with Gasteiger partial charge in [0.15, 0.2) is 6.61 Å². The number of carbonyl (C=O) groups excluding carboxylic acids is 2. The number of benzene rings is 2. The third-order valence-electron chi connectivity index (χ3n) is 2.94. The molecule has 0 saturated heterocycles. The van der Waals surface area contributed by atoms with Gasteiger partial charge in [0.1, 0.15) is 0 Å². The Morgan fingerprint density at radius 2 is 1.76 bits per heavy atom. The van der Waals surface area contributed by atoms with Crippen molar-refractivity contribution in [3.05, 3.63) is 69.7 Å². The smallest absolute Gasteiger partial charge is 0.331 e. The van der Waals surface area contributed by atoms with Crippen LogP contribution in [0, 0.1) is 11.3 Å². The molecule has 0 aliphatic heterocycles. The molecule has 2 aromatic carbocycles. The third-order valence-corrected chi connectivity index (χ3v) is 3.38. The number of nitrogens with zero attached hydrogens (tertiary/aromatic N) is 1. The fourth-order valence-corrected chi connectivity index (χ4v) is 2.37. The van der Waals surface area contributed by atoms with Crippen molar-refractivity contribution in [1.82, 2.24) is 0 Å². The predicted octanol–water partition coefficient (Wildman–Crippen LogP) is 4.06. The number of ether oxygens (including phenoxy) is 1.